The van der Waals surface area contributed by atoms with Crippen molar-refractivity contribution < 1.29 is 19.5 Å². The number of amides is 2. The third kappa shape index (κ3) is 3.75. The molecule has 1 unspecified atom stereocenters. The molecular formula is C14H16N2O4S. The number of fused-ring (bicyclic) bond motifs is 1. The van der Waals surface area contributed by atoms with Crippen molar-refractivity contribution in [3.8, 4) is 0 Å². The maximum absolute atomic E-state index is 12.1. The average molecular weight is 308 g/mol. The van der Waals surface area contributed by atoms with E-state index in [1.54, 1.807) is 18.2 Å². The zero-order valence-electron chi connectivity index (χ0n) is 11.5. The summed E-state index contributed by atoms with van der Waals surface area (Å²) < 4.78 is 0. The molecule has 2 amide bonds. The van der Waals surface area contributed by atoms with Gasteiger partial charge in [-0.3, -0.25) is 9.59 Å². The highest BCUT2D eigenvalue weighted by Crippen LogP contribution is 2.23. The number of hydrogen-bond acceptors (Lipinski definition) is 4. The minimum absolute atomic E-state index is 0.106. The van der Waals surface area contributed by atoms with E-state index in [2.05, 4.69) is 10.6 Å². The lowest BCUT2D eigenvalue weighted by Gasteiger charge is -2.14. The van der Waals surface area contributed by atoms with Crippen LogP contribution in [0.1, 0.15) is 22.3 Å². The molecule has 0 saturated carbocycles. The molecule has 3 N–H and O–H groups in total. The largest absolute Gasteiger partial charge is 0.480 e. The Balaban J connectivity index is 2.07. The van der Waals surface area contributed by atoms with Crippen LogP contribution < -0.4 is 10.6 Å². The molecule has 1 atom stereocenters. The topological polar surface area (TPSA) is 95.5 Å². The molecule has 1 aliphatic rings. The van der Waals surface area contributed by atoms with E-state index in [0.29, 0.717) is 23.4 Å². The number of carboxylic acid groups (broad SMARTS) is 1. The second-order valence-corrected chi connectivity index (χ2v) is 5.73. The maximum Gasteiger partial charge on any atom is 0.326 e. The predicted molar refractivity (Wildman–Crippen MR) is 80.7 cm³/mol. The first-order valence-corrected chi connectivity index (χ1v) is 7.86. The first-order valence-electron chi connectivity index (χ1n) is 6.46. The molecule has 21 heavy (non-hydrogen) atoms. The summed E-state index contributed by atoms with van der Waals surface area (Å²) in [5.74, 6) is -0.938. The molecule has 0 radical (unpaired) electrons. The predicted octanol–water partition coefficient (Wildman–Crippen LogP) is 1.12. The number of carbonyl (C=O) groups is 3. The second-order valence-electron chi connectivity index (χ2n) is 4.74. The third-order valence-corrected chi connectivity index (χ3v) is 3.85. The maximum atomic E-state index is 12.1. The molecule has 2 rings (SSSR count). The molecular weight excluding hydrogens is 292 g/mol. The first-order chi connectivity index (χ1) is 10.0. The van der Waals surface area contributed by atoms with Gasteiger partial charge < -0.3 is 15.7 Å². The summed E-state index contributed by atoms with van der Waals surface area (Å²) in [6.07, 6.45) is 2.49. The molecule has 7 heteroatoms. The normalized spacial score (nSPS) is 14.2. The molecule has 6 nitrogen and oxygen atoms in total. The van der Waals surface area contributed by atoms with Crippen LogP contribution in [0.3, 0.4) is 0 Å². The highest BCUT2D eigenvalue weighted by Gasteiger charge is 2.22. The third-order valence-electron chi connectivity index (χ3n) is 3.21. The van der Waals surface area contributed by atoms with Crippen molar-refractivity contribution in [2.45, 2.75) is 18.9 Å². The lowest BCUT2D eigenvalue weighted by molar-refractivity contribution is -0.139. The SMILES string of the molecule is CSCCC(NC(=O)c1ccc2c(c1)CC(=O)N2)C(=O)O. The molecule has 1 heterocycles. The Morgan fingerprint density at radius 2 is 2.24 bits per heavy atom. The Hall–Kier alpha value is -2.02. The quantitative estimate of drug-likeness (QED) is 0.732. The van der Waals surface area contributed by atoms with E-state index in [1.165, 1.54) is 11.8 Å². The molecule has 1 aromatic rings. The summed E-state index contributed by atoms with van der Waals surface area (Å²) >= 11 is 1.53. The van der Waals surface area contributed by atoms with Gasteiger partial charge in [-0.1, -0.05) is 0 Å². The summed E-state index contributed by atoms with van der Waals surface area (Å²) in [5, 5.41) is 14.3. The van der Waals surface area contributed by atoms with Crippen LogP contribution in [0.4, 0.5) is 5.69 Å². The van der Waals surface area contributed by atoms with Gasteiger partial charge in [-0.25, -0.2) is 4.79 Å². The fraction of sp³-hybridized carbons (Fsp3) is 0.357. The lowest BCUT2D eigenvalue weighted by atomic mass is 10.1. The van der Waals surface area contributed by atoms with Crippen LogP contribution in [0, 0.1) is 0 Å². The molecule has 0 spiro atoms. The minimum atomic E-state index is -1.05. The number of carboxylic acids is 1. The van der Waals surface area contributed by atoms with Gasteiger partial charge in [0.2, 0.25) is 5.91 Å². The minimum Gasteiger partial charge on any atom is -0.480 e. The van der Waals surface area contributed by atoms with Crippen molar-refractivity contribution in [3.05, 3.63) is 29.3 Å². The molecule has 0 aliphatic carbocycles. The highest BCUT2D eigenvalue weighted by molar-refractivity contribution is 7.98. The summed E-state index contributed by atoms with van der Waals surface area (Å²) in [6, 6.07) is 3.95. The van der Waals surface area contributed by atoms with Gasteiger partial charge in [0.05, 0.1) is 6.42 Å². The van der Waals surface area contributed by atoms with Crippen molar-refractivity contribution in [2.75, 3.05) is 17.3 Å². The average Bonchev–Trinajstić information content (AvgIpc) is 2.81. The van der Waals surface area contributed by atoms with Gasteiger partial charge in [-0.2, -0.15) is 11.8 Å². The fourth-order valence-electron chi connectivity index (χ4n) is 2.11. The van der Waals surface area contributed by atoms with Crippen LogP contribution in [0.25, 0.3) is 0 Å². The zero-order chi connectivity index (χ0) is 15.4. The first kappa shape index (κ1) is 15.4. The summed E-state index contributed by atoms with van der Waals surface area (Å²) in [4.78, 5) is 34.5. The van der Waals surface area contributed by atoms with Crippen molar-refractivity contribution in [3.63, 3.8) is 0 Å². The van der Waals surface area contributed by atoms with Crippen LogP contribution in [-0.4, -0.2) is 40.9 Å². The van der Waals surface area contributed by atoms with Crippen molar-refractivity contribution in [2.24, 2.45) is 0 Å². The molecule has 0 bridgehead atoms. The van der Waals surface area contributed by atoms with E-state index in [0.717, 1.165) is 5.56 Å². The van der Waals surface area contributed by atoms with Crippen molar-refractivity contribution >= 4 is 35.2 Å². The monoisotopic (exact) mass is 308 g/mol. The summed E-state index contributed by atoms with van der Waals surface area (Å²) in [6.45, 7) is 0. The number of thioether (sulfide) groups is 1. The van der Waals surface area contributed by atoms with Crippen LogP contribution in [0.2, 0.25) is 0 Å². The van der Waals surface area contributed by atoms with Crippen LogP contribution in [0.5, 0.6) is 0 Å². The molecule has 0 fully saturated rings. The van der Waals surface area contributed by atoms with E-state index in [-0.39, 0.29) is 12.3 Å². The number of anilines is 1. The van der Waals surface area contributed by atoms with E-state index < -0.39 is 17.9 Å². The van der Waals surface area contributed by atoms with Gasteiger partial charge in [0, 0.05) is 11.3 Å². The number of carbonyl (C=O) groups excluding carboxylic acids is 2. The Kier molecular flexibility index (Phi) is 4.85. The van der Waals surface area contributed by atoms with E-state index in [9.17, 15) is 14.4 Å². The van der Waals surface area contributed by atoms with E-state index >= 15 is 0 Å². The molecule has 1 aromatic carbocycles. The van der Waals surface area contributed by atoms with Gasteiger partial charge in [0.15, 0.2) is 0 Å². The smallest absolute Gasteiger partial charge is 0.326 e. The molecule has 0 aromatic heterocycles. The van der Waals surface area contributed by atoms with Crippen LogP contribution in [0.15, 0.2) is 18.2 Å². The number of rotatable bonds is 6. The zero-order valence-corrected chi connectivity index (χ0v) is 12.3. The van der Waals surface area contributed by atoms with Gasteiger partial charge >= 0.3 is 5.97 Å². The molecule has 112 valence electrons. The van der Waals surface area contributed by atoms with Crippen molar-refractivity contribution in [1.82, 2.24) is 5.32 Å². The van der Waals surface area contributed by atoms with Gasteiger partial charge in [-0.05, 0) is 42.2 Å². The van der Waals surface area contributed by atoms with E-state index in [4.69, 9.17) is 5.11 Å². The number of hydrogen-bond donors (Lipinski definition) is 3. The van der Waals surface area contributed by atoms with Crippen LogP contribution >= 0.6 is 11.8 Å². The van der Waals surface area contributed by atoms with Crippen molar-refractivity contribution in [1.29, 1.82) is 0 Å². The Morgan fingerprint density at radius 1 is 1.48 bits per heavy atom. The number of benzene rings is 1. The highest BCUT2D eigenvalue weighted by atomic mass is 32.2. The Morgan fingerprint density at radius 3 is 2.90 bits per heavy atom. The van der Waals surface area contributed by atoms with Gasteiger partial charge in [0.25, 0.3) is 5.91 Å². The lowest BCUT2D eigenvalue weighted by Crippen LogP contribution is -2.41. The molecule has 1 aliphatic heterocycles. The van der Waals surface area contributed by atoms with Gasteiger partial charge in [0.1, 0.15) is 6.04 Å². The molecule has 0 saturated heterocycles. The number of nitrogens with one attached hydrogen (secondary N) is 2. The summed E-state index contributed by atoms with van der Waals surface area (Å²) in [5.41, 5.74) is 1.82. The Labute approximate surface area is 126 Å². The number of aliphatic carboxylic acids is 1. The second kappa shape index (κ2) is 6.62. The standard InChI is InChI=1S/C14H16N2O4S/c1-21-5-4-11(14(19)20)16-13(18)8-2-3-10-9(6-8)7-12(17)15-10/h2-3,6,11H,4-5,7H2,1H3,(H,15,17)(H,16,18)(H,19,20). The van der Waals surface area contributed by atoms with Gasteiger partial charge in [-0.15, -0.1) is 0 Å². The fourth-order valence-corrected chi connectivity index (χ4v) is 2.58. The van der Waals surface area contributed by atoms with E-state index in [1.807, 2.05) is 6.26 Å². The van der Waals surface area contributed by atoms with Crippen LogP contribution in [-0.2, 0) is 16.0 Å². The summed E-state index contributed by atoms with van der Waals surface area (Å²) in [7, 11) is 0. The Bertz CT molecular complexity index is 588.